The number of hydrogen-bond donors (Lipinski definition) is 0. The van der Waals surface area contributed by atoms with Gasteiger partial charge in [0.1, 0.15) is 11.5 Å². The molecule has 21 heavy (non-hydrogen) atoms. The molecule has 1 atom stereocenters. The van der Waals surface area contributed by atoms with Gasteiger partial charge in [0.05, 0.1) is 25.7 Å². The van der Waals surface area contributed by atoms with Crippen molar-refractivity contribution in [2.75, 3.05) is 14.2 Å². The molecular formula is C17H15BrO3. The zero-order chi connectivity index (χ0) is 15.0. The first-order chi connectivity index (χ1) is 10.2. The second-order valence-corrected chi connectivity index (χ2v) is 5.86. The van der Waals surface area contributed by atoms with Gasteiger partial charge in [0.15, 0.2) is 5.78 Å². The first-order valence-electron chi connectivity index (χ1n) is 6.69. The third-order valence-corrected chi connectivity index (χ3v) is 4.53. The summed E-state index contributed by atoms with van der Waals surface area (Å²) in [5.74, 6) is 1.19. The standard InChI is InChI=1S/C17H15BrO3/c1-20-11-8-14(18)16(15(9-11)21-2)17(19)13-7-10-5-3-4-6-12(10)13/h3-6,8-9,13H,7H2,1-2H3. The Morgan fingerprint density at radius 2 is 1.95 bits per heavy atom. The zero-order valence-electron chi connectivity index (χ0n) is 11.9. The summed E-state index contributed by atoms with van der Waals surface area (Å²) >= 11 is 3.46. The van der Waals surface area contributed by atoms with E-state index in [0.29, 0.717) is 21.5 Å². The summed E-state index contributed by atoms with van der Waals surface area (Å²) in [5.41, 5.74) is 2.95. The van der Waals surface area contributed by atoms with Crippen LogP contribution in [-0.4, -0.2) is 20.0 Å². The average Bonchev–Trinajstić information content (AvgIpc) is 2.47. The van der Waals surface area contributed by atoms with Gasteiger partial charge in [-0.3, -0.25) is 4.79 Å². The van der Waals surface area contributed by atoms with Gasteiger partial charge in [-0.1, -0.05) is 24.3 Å². The quantitative estimate of drug-likeness (QED) is 0.785. The maximum absolute atomic E-state index is 12.8. The van der Waals surface area contributed by atoms with Gasteiger partial charge >= 0.3 is 0 Å². The minimum absolute atomic E-state index is 0.0834. The fourth-order valence-corrected chi connectivity index (χ4v) is 3.36. The molecule has 0 amide bonds. The van der Waals surface area contributed by atoms with E-state index in [2.05, 4.69) is 22.0 Å². The molecule has 1 aliphatic carbocycles. The number of Topliss-reactive ketones (excluding diaryl/α,β-unsaturated/α-hetero) is 1. The van der Waals surface area contributed by atoms with Crippen LogP contribution in [0.4, 0.5) is 0 Å². The minimum Gasteiger partial charge on any atom is -0.497 e. The Morgan fingerprint density at radius 1 is 1.19 bits per heavy atom. The molecule has 1 aliphatic rings. The Balaban J connectivity index is 2.00. The normalized spacial score (nSPS) is 15.9. The van der Waals surface area contributed by atoms with Crippen molar-refractivity contribution in [2.45, 2.75) is 12.3 Å². The van der Waals surface area contributed by atoms with Crippen LogP contribution < -0.4 is 9.47 Å². The van der Waals surface area contributed by atoms with Crippen LogP contribution in [0.2, 0.25) is 0 Å². The number of ether oxygens (including phenoxy) is 2. The summed E-state index contributed by atoms with van der Waals surface area (Å²) in [6.45, 7) is 0. The maximum atomic E-state index is 12.8. The van der Waals surface area contributed by atoms with E-state index < -0.39 is 0 Å². The van der Waals surface area contributed by atoms with Gasteiger partial charge in [-0.25, -0.2) is 0 Å². The molecule has 0 heterocycles. The van der Waals surface area contributed by atoms with E-state index in [1.54, 1.807) is 26.4 Å². The number of carbonyl (C=O) groups excluding carboxylic acids is 1. The van der Waals surface area contributed by atoms with Gasteiger partial charge in [-0.05, 0) is 39.5 Å². The molecule has 2 aromatic carbocycles. The predicted octanol–water partition coefficient (Wildman–Crippen LogP) is 3.99. The van der Waals surface area contributed by atoms with Crippen molar-refractivity contribution in [1.29, 1.82) is 0 Å². The predicted molar refractivity (Wildman–Crippen MR) is 84.5 cm³/mol. The Labute approximate surface area is 132 Å². The largest absolute Gasteiger partial charge is 0.497 e. The molecule has 0 radical (unpaired) electrons. The summed E-state index contributed by atoms with van der Waals surface area (Å²) in [6, 6.07) is 11.6. The Kier molecular flexibility index (Phi) is 3.72. The van der Waals surface area contributed by atoms with Crippen LogP contribution in [0.25, 0.3) is 0 Å². The van der Waals surface area contributed by atoms with Crippen molar-refractivity contribution in [3.05, 3.63) is 57.6 Å². The highest BCUT2D eigenvalue weighted by molar-refractivity contribution is 9.10. The number of ketones is 1. The van der Waals surface area contributed by atoms with Crippen LogP contribution in [0.15, 0.2) is 40.9 Å². The third kappa shape index (κ3) is 2.33. The molecule has 0 spiro atoms. The lowest BCUT2D eigenvalue weighted by Crippen LogP contribution is -2.25. The van der Waals surface area contributed by atoms with E-state index in [1.807, 2.05) is 18.2 Å². The van der Waals surface area contributed by atoms with E-state index in [-0.39, 0.29) is 11.7 Å². The maximum Gasteiger partial charge on any atom is 0.175 e. The molecule has 0 fully saturated rings. The van der Waals surface area contributed by atoms with Crippen molar-refractivity contribution >= 4 is 21.7 Å². The molecule has 0 saturated heterocycles. The van der Waals surface area contributed by atoms with Crippen LogP contribution in [-0.2, 0) is 6.42 Å². The number of fused-ring (bicyclic) bond motifs is 1. The number of hydrogen-bond acceptors (Lipinski definition) is 3. The molecule has 2 aromatic rings. The summed E-state index contributed by atoms with van der Waals surface area (Å²) < 4.78 is 11.3. The molecule has 0 bridgehead atoms. The molecule has 0 aliphatic heterocycles. The molecule has 1 unspecified atom stereocenters. The lowest BCUT2D eigenvalue weighted by atomic mass is 9.73. The Bertz CT molecular complexity index is 709. The van der Waals surface area contributed by atoms with Gasteiger partial charge in [0.25, 0.3) is 0 Å². The highest BCUT2D eigenvalue weighted by Crippen LogP contribution is 2.41. The van der Waals surface area contributed by atoms with E-state index >= 15 is 0 Å². The molecule has 3 rings (SSSR count). The Morgan fingerprint density at radius 3 is 2.62 bits per heavy atom. The summed E-state index contributed by atoms with van der Waals surface area (Å²) in [6.07, 6.45) is 0.788. The van der Waals surface area contributed by atoms with Crippen molar-refractivity contribution in [1.82, 2.24) is 0 Å². The van der Waals surface area contributed by atoms with Crippen molar-refractivity contribution in [3.8, 4) is 11.5 Å². The number of halogens is 1. The van der Waals surface area contributed by atoms with Crippen LogP contribution >= 0.6 is 15.9 Å². The van der Waals surface area contributed by atoms with Gasteiger partial charge in [0, 0.05) is 10.5 Å². The smallest absolute Gasteiger partial charge is 0.175 e. The van der Waals surface area contributed by atoms with Gasteiger partial charge < -0.3 is 9.47 Å². The number of methoxy groups -OCH3 is 2. The van der Waals surface area contributed by atoms with E-state index in [1.165, 1.54) is 5.56 Å². The van der Waals surface area contributed by atoms with E-state index in [0.717, 1.165) is 12.0 Å². The highest BCUT2D eigenvalue weighted by atomic mass is 79.9. The summed E-state index contributed by atoms with van der Waals surface area (Å²) in [7, 11) is 3.15. The molecule has 3 nitrogen and oxygen atoms in total. The number of benzene rings is 2. The molecular weight excluding hydrogens is 332 g/mol. The molecule has 0 saturated carbocycles. The van der Waals surface area contributed by atoms with E-state index in [9.17, 15) is 4.79 Å². The van der Waals surface area contributed by atoms with Crippen molar-refractivity contribution in [2.24, 2.45) is 0 Å². The fourth-order valence-electron chi connectivity index (χ4n) is 2.74. The average molecular weight is 347 g/mol. The second-order valence-electron chi connectivity index (χ2n) is 5.01. The van der Waals surface area contributed by atoms with Crippen LogP contribution in [0.3, 0.4) is 0 Å². The molecule has 108 valence electrons. The Hall–Kier alpha value is -1.81. The van der Waals surface area contributed by atoms with Crippen LogP contribution in [0.1, 0.15) is 27.4 Å². The number of rotatable bonds is 4. The fraction of sp³-hybridized carbons (Fsp3) is 0.235. The topological polar surface area (TPSA) is 35.5 Å². The second kappa shape index (κ2) is 5.53. The zero-order valence-corrected chi connectivity index (χ0v) is 13.4. The van der Waals surface area contributed by atoms with Gasteiger partial charge in [-0.2, -0.15) is 0 Å². The third-order valence-electron chi connectivity index (χ3n) is 3.90. The first-order valence-corrected chi connectivity index (χ1v) is 7.48. The SMILES string of the molecule is COc1cc(Br)c(C(=O)C2Cc3ccccc32)c(OC)c1. The molecule has 0 N–H and O–H groups in total. The van der Waals surface area contributed by atoms with Crippen LogP contribution in [0.5, 0.6) is 11.5 Å². The molecule has 4 heteroatoms. The van der Waals surface area contributed by atoms with Gasteiger partial charge in [0.2, 0.25) is 0 Å². The van der Waals surface area contributed by atoms with Crippen molar-refractivity contribution in [3.63, 3.8) is 0 Å². The summed E-state index contributed by atoms with van der Waals surface area (Å²) in [5, 5.41) is 0. The highest BCUT2D eigenvalue weighted by Gasteiger charge is 2.34. The lowest BCUT2D eigenvalue weighted by Gasteiger charge is -2.29. The molecule has 0 aromatic heterocycles. The number of carbonyl (C=O) groups is 1. The summed E-state index contributed by atoms with van der Waals surface area (Å²) in [4.78, 5) is 12.8. The monoisotopic (exact) mass is 346 g/mol. The minimum atomic E-state index is -0.0835. The lowest BCUT2D eigenvalue weighted by molar-refractivity contribution is 0.0945. The van der Waals surface area contributed by atoms with Crippen molar-refractivity contribution < 1.29 is 14.3 Å². The van der Waals surface area contributed by atoms with Gasteiger partial charge in [-0.15, -0.1) is 0 Å². The van der Waals surface area contributed by atoms with E-state index in [4.69, 9.17) is 9.47 Å². The first kappa shape index (κ1) is 14.1. The van der Waals surface area contributed by atoms with Crippen LogP contribution in [0, 0.1) is 0 Å².